The molecular weight excluding hydrogens is 314 g/mol. The zero-order valence-electron chi connectivity index (χ0n) is 11.9. The lowest BCUT2D eigenvalue weighted by Gasteiger charge is -2.13. The molecule has 0 spiro atoms. The SMILES string of the molecule is COc1nc(C(=O)NC(CCC(=O)O)C(=O)O)ccc1[N+](=O)[O-]. The Kier molecular flexibility index (Phi) is 5.95. The highest BCUT2D eigenvalue weighted by Gasteiger charge is 2.24. The maximum absolute atomic E-state index is 11.9. The number of aliphatic carboxylic acids is 2. The third kappa shape index (κ3) is 4.91. The molecule has 124 valence electrons. The van der Waals surface area contributed by atoms with Crippen LogP contribution in [-0.2, 0) is 9.59 Å². The summed E-state index contributed by atoms with van der Waals surface area (Å²) in [6.45, 7) is 0. The van der Waals surface area contributed by atoms with Gasteiger partial charge >= 0.3 is 17.6 Å². The van der Waals surface area contributed by atoms with Crippen LogP contribution in [0.25, 0.3) is 0 Å². The number of carbonyl (C=O) groups excluding carboxylic acids is 1. The smallest absolute Gasteiger partial charge is 0.330 e. The van der Waals surface area contributed by atoms with Gasteiger partial charge in [0.05, 0.1) is 12.0 Å². The number of aromatic nitrogens is 1. The van der Waals surface area contributed by atoms with Crippen molar-refractivity contribution in [2.24, 2.45) is 0 Å². The highest BCUT2D eigenvalue weighted by Crippen LogP contribution is 2.23. The van der Waals surface area contributed by atoms with Crippen molar-refractivity contribution in [3.05, 3.63) is 27.9 Å². The summed E-state index contributed by atoms with van der Waals surface area (Å²) < 4.78 is 4.70. The van der Waals surface area contributed by atoms with E-state index >= 15 is 0 Å². The number of hydrogen-bond acceptors (Lipinski definition) is 7. The van der Waals surface area contributed by atoms with Gasteiger partial charge in [0.15, 0.2) is 0 Å². The molecule has 1 amide bonds. The summed E-state index contributed by atoms with van der Waals surface area (Å²) in [5.74, 6) is -3.94. The molecule has 0 aliphatic rings. The molecule has 1 unspecified atom stereocenters. The number of amides is 1. The fourth-order valence-electron chi connectivity index (χ4n) is 1.61. The average molecular weight is 327 g/mol. The number of nitro groups is 1. The van der Waals surface area contributed by atoms with Gasteiger partial charge in [0.2, 0.25) is 0 Å². The largest absolute Gasteiger partial charge is 0.481 e. The molecule has 23 heavy (non-hydrogen) atoms. The number of hydrogen-bond donors (Lipinski definition) is 3. The van der Waals surface area contributed by atoms with Crippen molar-refractivity contribution in [3.63, 3.8) is 0 Å². The summed E-state index contributed by atoms with van der Waals surface area (Å²) in [4.78, 5) is 47.0. The second-order valence-electron chi connectivity index (χ2n) is 4.28. The van der Waals surface area contributed by atoms with E-state index in [1.54, 1.807) is 0 Å². The zero-order valence-corrected chi connectivity index (χ0v) is 11.9. The Morgan fingerprint density at radius 2 is 2.04 bits per heavy atom. The van der Waals surface area contributed by atoms with E-state index < -0.39 is 46.8 Å². The minimum atomic E-state index is -1.43. The van der Waals surface area contributed by atoms with E-state index in [0.717, 1.165) is 19.2 Å². The molecule has 0 radical (unpaired) electrons. The van der Waals surface area contributed by atoms with Crippen LogP contribution in [0.1, 0.15) is 23.3 Å². The van der Waals surface area contributed by atoms with Crippen LogP contribution in [0.2, 0.25) is 0 Å². The van der Waals surface area contributed by atoms with Crippen LogP contribution >= 0.6 is 0 Å². The van der Waals surface area contributed by atoms with Crippen molar-refractivity contribution in [1.29, 1.82) is 0 Å². The molecule has 0 aromatic carbocycles. The van der Waals surface area contributed by atoms with Gasteiger partial charge in [-0.2, -0.15) is 0 Å². The van der Waals surface area contributed by atoms with Crippen LogP contribution in [0, 0.1) is 10.1 Å². The fraction of sp³-hybridized carbons (Fsp3) is 0.333. The van der Waals surface area contributed by atoms with E-state index in [4.69, 9.17) is 14.9 Å². The minimum Gasteiger partial charge on any atom is -0.481 e. The third-order valence-electron chi connectivity index (χ3n) is 2.71. The Hall–Kier alpha value is -3.24. The minimum absolute atomic E-state index is 0.297. The normalized spacial score (nSPS) is 11.3. The summed E-state index contributed by atoms with van der Waals surface area (Å²) in [5, 5.41) is 30.3. The van der Waals surface area contributed by atoms with Crippen molar-refractivity contribution in [1.82, 2.24) is 10.3 Å². The van der Waals surface area contributed by atoms with Gasteiger partial charge in [-0.05, 0) is 12.5 Å². The Labute approximate surface area is 129 Å². The first-order valence-electron chi connectivity index (χ1n) is 6.21. The molecule has 1 atom stereocenters. The monoisotopic (exact) mass is 327 g/mol. The van der Waals surface area contributed by atoms with Gasteiger partial charge in [-0.25, -0.2) is 9.78 Å². The molecule has 3 N–H and O–H groups in total. The molecule has 1 aromatic rings. The maximum atomic E-state index is 11.9. The molecule has 0 saturated carbocycles. The maximum Gasteiger partial charge on any atom is 0.330 e. The molecule has 0 aliphatic heterocycles. The van der Waals surface area contributed by atoms with Gasteiger partial charge in [0.25, 0.3) is 11.8 Å². The van der Waals surface area contributed by atoms with Gasteiger partial charge in [-0.1, -0.05) is 0 Å². The number of carboxylic acid groups (broad SMARTS) is 2. The average Bonchev–Trinajstić information content (AvgIpc) is 2.49. The number of rotatable bonds is 8. The molecule has 0 saturated heterocycles. The molecule has 1 aromatic heterocycles. The van der Waals surface area contributed by atoms with Gasteiger partial charge in [-0.15, -0.1) is 0 Å². The van der Waals surface area contributed by atoms with Crippen molar-refractivity contribution >= 4 is 23.5 Å². The predicted octanol–water partition coefficient (Wildman–Crippen LogP) is 0.0462. The Morgan fingerprint density at radius 3 is 2.52 bits per heavy atom. The second kappa shape index (κ2) is 7.68. The van der Waals surface area contributed by atoms with Crippen molar-refractivity contribution < 1.29 is 34.3 Å². The van der Waals surface area contributed by atoms with Crippen molar-refractivity contribution in [2.45, 2.75) is 18.9 Å². The summed E-state index contributed by atoms with van der Waals surface area (Å²) in [5.41, 5.74) is -0.751. The zero-order chi connectivity index (χ0) is 17.6. The lowest BCUT2D eigenvalue weighted by Crippen LogP contribution is -2.41. The predicted molar refractivity (Wildman–Crippen MR) is 73.2 cm³/mol. The first-order valence-corrected chi connectivity index (χ1v) is 6.21. The Bertz CT molecular complexity index is 645. The van der Waals surface area contributed by atoms with E-state index in [0.29, 0.717) is 0 Å². The molecule has 0 aliphatic carbocycles. The van der Waals surface area contributed by atoms with Gasteiger partial charge in [0, 0.05) is 12.5 Å². The van der Waals surface area contributed by atoms with Crippen molar-refractivity contribution in [2.75, 3.05) is 7.11 Å². The quantitative estimate of drug-likeness (QED) is 0.441. The van der Waals surface area contributed by atoms with Crippen LogP contribution in [0.3, 0.4) is 0 Å². The second-order valence-corrected chi connectivity index (χ2v) is 4.28. The van der Waals surface area contributed by atoms with Crippen LogP contribution < -0.4 is 10.1 Å². The first kappa shape index (κ1) is 17.8. The molecule has 0 bridgehead atoms. The van der Waals surface area contributed by atoms with Gasteiger partial charge in [0.1, 0.15) is 11.7 Å². The van der Waals surface area contributed by atoms with E-state index in [-0.39, 0.29) is 12.1 Å². The summed E-state index contributed by atoms with van der Waals surface area (Å²) >= 11 is 0. The topological polar surface area (TPSA) is 169 Å². The Balaban J connectivity index is 2.93. The number of nitrogens with one attached hydrogen (secondary N) is 1. The molecule has 11 heteroatoms. The van der Waals surface area contributed by atoms with Crippen LogP contribution in [0.4, 0.5) is 5.69 Å². The van der Waals surface area contributed by atoms with Crippen molar-refractivity contribution in [3.8, 4) is 5.88 Å². The molecule has 1 heterocycles. The number of pyridine rings is 1. The number of carboxylic acids is 2. The summed E-state index contributed by atoms with van der Waals surface area (Å²) in [6, 6.07) is 0.599. The van der Waals surface area contributed by atoms with E-state index in [1.165, 1.54) is 0 Å². The molecule has 1 rings (SSSR count). The highest BCUT2D eigenvalue weighted by molar-refractivity contribution is 5.95. The van der Waals surface area contributed by atoms with E-state index in [1.807, 2.05) is 0 Å². The van der Waals surface area contributed by atoms with Gasteiger partial charge in [-0.3, -0.25) is 19.7 Å². The van der Waals surface area contributed by atoms with E-state index in [9.17, 15) is 24.5 Å². The molecule has 0 fully saturated rings. The number of nitrogens with zero attached hydrogens (tertiary/aromatic N) is 2. The van der Waals surface area contributed by atoms with Crippen LogP contribution in [0.15, 0.2) is 12.1 Å². The third-order valence-corrected chi connectivity index (χ3v) is 2.71. The lowest BCUT2D eigenvalue weighted by atomic mass is 10.1. The Morgan fingerprint density at radius 1 is 1.39 bits per heavy atom. The number of ether oxygens (including phenoxy) is 1. The highest BCUT2D eigenvalue weighted by atomic mass is 16.6. The van der Waals surface area contributed by atoms with Crippen LogP contribution in [-0.4, -0.2) is 51.1 Å². The van der Waals surface area contributed by atoms with Crippen LogP contribution in [0.5, 0.6) is 5.88 Å². The number of carbonyl (C=O) groups is 3. The lowest BCUT2D eigenvalue weighted by molar-refractivity contribution is -0.386. The summed E-state index contributed by atoms with van der Waals surface area (Å²) in [7, 11) is 1.13. The van der Waals surface area contributed by atoms with E-state index in [2.05, 4.69) is 10.3 Å². The first-order chi connectivity index (χ1) is 10.8. The number of methoxy groups -OCH3 is 1. The molecular formula is C12H13N3O8. The fourth-order valence-corrected chi connectivity index (χ4v) is 1.61. The summed E-state index contributed by atoms with van der Waals surface area (Å²) in [6.07, 6.45) is -0.769. The molecule has 11 nitrogen and oxygen atoms in total. The van der Waals surface area contributed by atoms with Gasteiger partial charge < -0.3 is 20.3 Å². The standard InChI is InChI=1S/C12H13N3O8/c1-23-11-8(15(21)22)4-2-6(14-11)10(18)13-7(12(19)20)3-5-9(16)17/h2,4,7H,3,5H2,1H3,(H,13,18)(H,16,17)(H,19,20).